The second-order valence-corrected chi connectivity index (χ2v) is 8.94. The van der Waals surface area contributed by atoms with Gasteiger partial charge in [0.1, 0.15) is 6.17 Å². The molecule has 5 nitrogen and oxygen atoms in total. The van der Waals surface area contributed by atoms with Crippen molar-refractivity contribution in [1.29, 1.82) is 0 Å². The molecule has 3 aromatic carbocycles. The standard InChI is InChI=1S/C27H26F3N3O2/c1-17(2)16-33-24(22-8-3-4-9-23(22)26(33)35)32-21-12-10-19(11-13-21)25(34)31-15-18-6-5-7-20(14-18)27(28,29)30/h3-14,17,24,32H,15-16H2,1-2H3,(H,31,34). The molecule has 0 bridgehead atoms. The summed E-state index contributed by atoms with van der Waals surface area (Å²) in [6.07, 6.45) is -4.75. The first-order valence-corrected chi connectivity index (χ1v) is 11.3. The highest BCUT2D eigenvalue weighted by atomic mass is 19.4. The third-order valence-electron chi connectivity index (χ3n) is 5.78. The first kappa shape index (κ1) is 24.3. The fourth-order valence-electron chi connectivity index (χ4n) is 4.13. The monoisotopic (exact) mass is 481 g/mol. The largest absolute Gasteiger partial charge is 0.416 e. The molecule has 35 heavy (non-hydrogen) atoms. The highest BCUT2D eigenvalue weighted by Gasteiger charge is 2.36. The van der Waals surface area contributed by atoms with Crippen LogP contribution in [-0.4, -0.2) is 23.3 Å². The summed E-state index contributed by atoms with van der Waals surface area (Å²) in [5.74, 6) is -0.116. The van der Waals surface area contributed by atoms with E-state index in [0.29, 0.717) is 29.2 Å². The van der Waals surface area contributed by atoms with Crippen LogP contribution in [0.2, 0.25) is 0 Å². The van der Waals surface area contributed by atoms with Crippen molar-refractivity contribution >= 4 is 17.5 Å². The van der Waals surface area contributed by atoms with Gasteiger partial charge in [0.15, 0.2) is 0 Å². The minimum Gasteiger partial charge on any atom is -0.361 e. The topological polar surface area (TPSA) is 61.4 Å². The molecule has 1 heterocycles. The number of benzene rings is 3. The quantitative estimate of drug-likeness (QED) is 0.445. The van der Waals surface area contributed by atoms with Crippen molar-refractivity contribution in [3.63, 3.8) is 0 Å². The zero-order valence-electron chi connectivity index (χ0n) is 19.4. The van der Waals surface area contributed by atoms with Crippen molar-refractivity contribution in [2.24, 2.45) is 5.92 Å². The van der Waals surface area contributed by atoms with E-state index in [9.17, 15) is 22.8 Å². The van der Waals surface area contributed by atoms with Crippen LogP contribution in [0.15, 0.2) is 72.8 Å². The third kappa shape index (κ3) is 5.48. The molecule has 182 valence electrons. The Balaban J connectivity index is 1.43. The van der Waals surface area contributed by atoms with Crippen molar-refractivity contribution in [2.75, 3.05) is 11.9 Å². The van der Waals surface area contributed by atoms with Crippen LogP contribution >= 0.6 is 0 Å². The zero-order valence-corrected chi connectivity index (χ0v) is 19.4. The van der Waals surface area contributed by atoms with E-state index < -0.39 is 17.6 Å². The van der Waals surface area contributed by atoms with E-state index in [1.807, 2.05) is 29.2 Å². The maximum absolute atomic E-state index is 12.9. The lowest BCUT2D eigenvalue weighted by molar-refractivity contribution is -0.137. The summed E-state index contributed by atoms with van der Waals surface area (Å²) >= 11 is 0. The van der Waals surface area contributed by atoms with Crippen LogP contribution in [0.4, 0.5) is 18.9 Å². The van der Waals surface area contributed by atoms with Gasteiger partial charge in [-0.05, 0) is 53.9 Å². The zero-order chi connectivity index (χ0) is 25.2. The number of hydrogen-bond donors (Lipinski definition) is 2. The molecule has 0 saturated carbocycles. The third-order valence-corrected chi connectivity index (χ3v) is 5.78. The van der Waals surface area contributed by atoms with Gasteiger partial charge in [-0.1, -0.05) is 44.2 Å². The fraction of sp³-hybridized carbons (Fsp3) is 0.259. The Morgan fingerprint density at radius 2 is 1.71 bits per heavy atom. The Hall–Kier alpha value is -3.81. The van der Waals surface area contributed by atoms with E-state index in [2.05, 4.69) is 24.5 Å². The SMILES string of the molecule is CC(C)CN1C(=O)c2ccccc2C1Nc1ccc(C(=O)NCc2cccc(C(F)(F)F)c2)cc1. The van der Waals surface area contributed by atoms with Gasteiger partial charge in [0.05, 0.1) is 5.56 Å². The van der Waals surface area contributed by atoms with Gasteiger partial charge in [-0.15, -0.1) is 0 Å². The van der Waals surface area contributed by atoms with Gasteiger partial charge in [-0.3, -0.25) is 9.59 Å². The molecule has 2 N–H and O–H groups in total. The molecule has 0 aliphatic carbocycles. The van der Waals surface area contributed by atoms with Gasteiger partial charge in [-0.2, -0.15) is 13.2 Å². The van der Waals surface area contributed by atoms with Gasteiger partial charge >= 0.3 is 6.18 Å². The number of carbonyl (C=O) groups excluding carboxylic acids is 2. The number of anilines is 1. The highest BCUT2D eigenvalue weighted by molar-refractivity contribution is 5.99. The molecule has 0 radical (unpaired) electrons. The maximum atomic E-state index is 12.9. The Kier molecular flexibility index (Phi) is 6.82. The fourth-order valence-corrected chi connectivity index (χ4v) is 4.13. The van der Waals surface area contributed by atoms with Crippen LogP contribution in [0.5, 0.6) is 0 Å². The summed E-state index contributed by atoms with van der Waals surface area (Å²) in [6.45, 7) is 4.69. The average Bonchev–Trinajstić information content (AvgIpc) is 3.08. The van der Waals surface area contributed by atoms with Crippen LogP contribution in [0, 0.1) is 5.92 Å². The van der Waals surface area contributed by atoms with Crippen molar-refractivity contribution in [3.05, 3.63) is 101 Å². The van der Waals surface area contributed by atoms with Crippen LogP contribution in [0.1, 0.15) is 57.4 Å². The van der Waals surface area contributed by atoms with Gasteiger partial charge in [-0.25, -0.2) is 0 Å². The highest BCUT2D eigenvalue weighted by Crippen LogP contribution is 2.35. The molecule has 0 aromatic heterocycles. The molecule has 1 aliphatic heterocycles. The van der Waals surface area contributed by atoms with E-state index in [4.69, 9.17) is 0 Å². The summed E-state index contributed by atoms with van der Waals surface area (Å²) in [5, 5.41) is 6.05. The molecular weight excluding hydrogens is 455 g/mol. The van der Waals surface area contributed by atoms with Gasteiger partial charge in [0.25, 0.3) is 11.8 Å². The first-order chi connectivity index (χ1) is 16.6. The Bertz CT molecular complexity index is 1220. The predicted octanol–water partition coefficient (Wildman–Crippen LogP) is 5.86. The second kappa shape index (κ2) is 9.82. The maximum Gasteiger partial charge on any atom is 0.416 e. The van der Waals surface area contributed by atoms with Gasteiger partial charge in [0, 0.05) is 35.5 Å². The number of nitrogens with one attached hydrogen (secondary N) is 2. The van der Waals surface area contributed by atoms with Gasteiger partial charge < -0.3 is 15.5 Å². The minimum atomic E-state index is -4.43. The molecule has 4 rings (SSSR count). The molecule has 2 amide bonds. The van der Waals surface area contributed by atoms with E-state index in [1.165, 1.54) is 12.1 Å². The van der Waals surface area contributed by atoms with E-state index >= 15 is 0 Å². The number of amides is 2. The normalized spacial score (nSPS) is 15.3. The smallest absolute Gasteiger partial charge is 0.361 e. The molecule has 0 saturated heterocycles. The molecule has 1 aliphatic rings. The summed E-state index contributed by atoms with van der Waals surface area (Å²) < 4.78 is 38.7. The number of fused-ring (bicyclic) bond motifs is 1. The van der Waals surface area contributed by atoms with Crippen LogP contribution in [0.25, 0.3) is 0 Å². The molecule has 1 atom stereocenters. The lowest BCUT2D eigenvalue weighted by atomic mass is 10.1. The summed E-state index contributed by atoms with van der Waals surface area (Å²) in [7, 11) is 0. The summed E-state index contributed by atoms with van der Waals surface area (Å²) in [5.41, 5.74) is 2.31. The Morgan fingerprint density at radius 1 is 1.00 bits per heavy atom. The summed E-state index contributed by atoms with van der Waals surface area (Å²) in [4.78, 5) is 27.3. The van der Waals surface area contributed by atoms with Crippen molar-refractivity contribution in [1.82, 2.24) is 10.2 Å². The van der Waals surface area contributed by atoms with E-state index in [-0.39, 0.29) is 18.6 Å². The minimum absolute atomic E-state index is 0.0163. The van der Waals surface area contributed by atoms with Crippen molar-refractivity contribution in [3.8, 4) is 0 Å². The number of hydrogen-bond acceptors (Lipinski definition) is 3. The van der Waals surface area contributed by atoms with E-state index in [1.54, 1.807) is 24.3 Å². The Labute approximate surface area is 202 Å². The predicted molar refractivity (Wildman–Crippen MR) is 128 cm³/mol. The van der Waals surface area contributed by atoms with Crippen LogP contribution in [0.3, 0.4) is 0 Å². The van der Waals surface area contributed by atoms with Crippen molar-refractivity contribution < 1.29 is 22.8 Å². The number of nitrogens with zero attached hydrogens (tertiary/aromatic N) is 1. The number of rotatable bonds is 7. The van der Waals surface area contributed by atoms with Crippen LogP contribution < -0.4 is 10.6 Å². The average molecular weight is 482 g/mol. The first-order valence-electron chi connectivity index (χ1n) is 11.3. The Morgan fingerprint density at radius 3 is 2.40 bits per heavy atom. The molecule has 0 fully saturated rings. The lowest BCUT2D eigenvalue weighted by Crippen LogP contribution is -2.35. The molecule has 8 heteroatoms. The number of carbonyl (C=O) groups is 2. The van der Waals surface area contributed by atoms with E-state index in [0.717, 1.165) is 23.4 Å². The molecule has 3 aromatic rings. The van der Waals surface area contributed by atoms with Gasteiger partial charge in [0.2, 0.25) is 0 Å². The molecule has 0 spiro atoms. The van der Waals surface area contributed by atoms with Crippen LogP contribution in [-0.2, 0) is 12.7 Å². The number of halogens is 3. The second-order valence-electron chi connectivity index (χ2n) is 8.94. The molecular formula is C27H26F3N3O2. The number of alkyl halides is 3. The summed E-state index contributed by atoms with van der Waals surface area (Å²) in [6, 6.07) is 19.1. The lowest BCUT2D eigenvalue weighted by Gasteiger charge is -2.28. The molecule has 1 unspecified atom stereocenters. The van der Waals surface area contributed by atoms with Crippen molar-refractivity contribution in [2.45, 2.75) is 32.7 Å².